The third kappa shape index (κ3) is 5.43. The van der Waals surface area contributed by atoms with Crippen molar-refractivity contribution in [3.8, 4) is 22.7 Å². The van der Waals surface area contributed by atoms with Crippen LogP contribution >= 0.6 is 0 Å². The van der Waals surface area contributed by atoms with Gasteiger partial charge in [-0.2, -0.15) is 5.10 Å². The second-order valence-electron chi connectivity index (χ2n) is 8.27. The lowest BCUT2D eigenvalue weighted by Crippen LogP contribution is -2.36. The third-order valence-corrected chi connectivity index (χ3v) is 5.64. The number of aromatic nitrogens is 3. The van der Waals surface area contributed by atoms with Gasteiger partial charge in [-0.3, -0.25) is 14.7 Å². The lowest BCUT2D eigenvalue weighted by Gasteiger charge is -2.16. The highest BCUT2D eigenvalue weighted by Crippen LogP contribution is 2.25. The number of nitrogens with one attached hydrogen (secondary N) is 3. The smallest absolute Gasteiger partial charge is 0.288 e. The molecule has 0 saturated carbocycles. The van der Waals surface area contributed by atoms with Crippen LogP contribution in [0.1, 0.15) is 68.5 Å². The summed E-state index contributed by atoms with van der Waals surface area (Å²) in [7, 11) is 0. The van der Waals surface area contributed by atoms with Gasteiger partial charge in [-0.15, -0.1) is 0 Å². The quantitative estimate of drug-likeness (QED) is 0.458. The molecule has 32 heavy (non-hydrogen) atoms. The zero-order chi connectivity index (χ0) is 23.3. The zero-order valence-corrected chi connectivity index (χ0v) is 19.2. The second kappa shape index (κ2) is 10.3. The third-order valence-electron chi connectivity index (χ3n) is 5.64. The molecule has 0 unspecified atom stereocenters. The molecule has 8 heteroatoms. The molecule has 0 bridgehead atoms. The normalized spacial score (nSPS) is 12.2. The largest absolute Gasteiger partial charge is 0.431 e. The number of aromatic amines is 1. The Labute approximate surface area is 188 Å². The fraction of sp³-hybridized carbons (Fsp3) is 0.417. The van der Waals surface area contributed by atoms with Gasteiger partial charge in [-0.1, -0.05) is 39.8 Å². The Morgan fingerprint density at radius 1 is 1.03 bits per heavy atom. The van der Waals surface area contributed by atoms with Crippen molar-refractivity contribution >= 4 is 11.8 Å². The van der Waals surface area contributed by atoms with Gasteiger partial charge < -0.3 is 15.1 Å². The Bertz CT molecular complexity index is 996. The van der Waals surface area contributed by atoms with Crippen LogP contribution in [0.4, 0.5) is 0 Å². The fourth-order valence-corrected chi connectivity index (χ4v) is 3.11. The van der Waals surface area contributed by atoms with Crippen LogP contribution in [0.15, 0.2) is 40.9 Å². The Kier molecular flexibility index (Phi) is 7.45. The first-order chi connectivity index (χ1) is 15.3. The molecule has 8 nitrogen and oxygen atoms in total. The first-order valence-electron chi connectivity index (χ1n) is 11.1. The number of oxazole rings is 1. The highest BCUT2D eigenvalue weighted by molar-refractivity contribution is 5.93. The monoisotopic (exact) mass is 437 g/mol. The van der Waals surface area contributed by atoms with Crippen LogP contribution in [0.3, 0.4) is 0 Å². The Hall–Kier alpha value is -3.42. The van der Waals surface area contributed by atoms with E-state index < -0.39 is 0 Å². The molecule has 170 valence electrons. The number of H-pyrrole nitrogens is 1. The predicted molar refractivity (Wildman–Crippen MR) is 123 cm³/mol. The maximum atomic E-state index is 12.4. The van der Waals surface area contributed by atoms with Gasteiger partial charge in [-0.25, -0.2) is 4.98 Å². The number of hydrogen-bond donors (Lipinski definition) is 3. The Morgan fingerprint density at radius 3 is 2.44 bits per heavy atom. The minimum atomic E-state index is -0.270. The van der Waals surface area contributed by atoms with Crippen LogP contribution in [-0.4, -0.2) is 39.1 Å². The van der Waals surface area contributed by atoms with E-state index in [1.54, 1.807) is 6.07 Å². The number of nitrogens with zero attached hydrogens (tertiary/aromatic N) is 2. The first-order valence-corrected chi connectivity index (χ1v) is 11.1. The molecule has 1 atom stereocenters. The van der Waals surface area contributed by atoms with E-state index in [2.05, 4.69) is 39.7 Å². The average Bonchev–Trinajstić information content (AvgIpc) is 3.47. The molecule has 2 aromatic heterocycles. The summed E-state index contributed by atoms with van der Waals surface area (Å²) in [6, 6.07) is 9.36. The average molecular weight is 438 g/mol. The van der Waals surface area contributed by atoms with Crippen LogP contribution in [-0.2, 0) is 0 Å². The van der Waals surface area contributed by atoms with Crippen molar-refractivity contribution in [2.75, 3.05) is 0 Å². The summed E-state index contributed by atoms with van der Waals surface area (Å²) in [6.07, 6.45) is 3.14. The van der Waals surface area contributed by atoms with Gasteiger partial charge in [0.05, 0.1) is 11.9 Å². The molecule has 2 heterocycles. The summed E-state index contributed by atoms with van der Waals surface area (Å²) < 4.78 is 5.71. The second-order valence-corrected chi connectivity index (χ2v) is 8.27. The van der Waals surface area contributed by atoms with Crippen LogP contribution in [0, 0.1) is 5.92 Å². The van der Waals surface area contributed by atoms with E-state index in [9.17, 15) is 9.59 Å². The molecule has 0 aliphatic rings. The highest BCUT2D eigenvalue weighted by atomic mass is 16.4. The molecule has 3 aromatic rings. The van der Waals surface area contributed by atoms with Crippen molar-refractivity contribution in [1.29, 1.82) is 0 Å². The molecule has 3 rings (SSSR count). The topological polar surface area (TPSA) is 113 Å². The SMILES string of the molecule is CCC(CC)NC(=O)c1cnc(-c2cccc(-c3cc(C(=O)N[C@H](C)C(C)C)n[nH]3)c2)o1. The first kappa shape index (κ1) is 23.2. The van der Waals surface area contributed by atoms with Crippen molar-refractivity contribution in [2.45, 2.75) is 59.5 Å². The lowest BCUT2D eigenvalue weighted by atomic mass is 10.1. The predicted octanol–water partition coefficient (Wildman–Crippen LogP) is 4.42. The van der Waals surface area contributed by atoms with E-state index in [0.717, 1.165) is 24.0 Å². The van der Waals surface area contributed by atoms with Crippen LogP contribution in [0.25, 0.3) is 22.7 Å². The summed E-state index contributed by atoms with van der Waals surface area (Å²) >= 11 is 0. The van der Waals surface area contributed by atoms with Crippen molar-refractivity contribution < 1.29 is 14.0 Å². The molecule has 2 amide bonds. The van der Waals surface area contributed by atoms with Crippen molar-refractivity contribution in [3.63, 3.8) is 0 Å². The Balaban J connectivity index is 1.76. The van der Waals surface area contributed by atoms with E-state index in [-0.39, 0.29) is 29.7 Å². The Morgan fingerprint density at radius 2 is 1.75 bits per heavy atom. The van der Waals surface area contributed by atoms with Crippen molar-refractivity contribution in [2.24, 2.45) is 5.92 Å². The number of rotatable bonds is 9. The van der Waals surface area contributed by atoms with E-state index in [4.69, 9.17) is 4.42 Å². The maximum absolute atomic E-state index is 12.4. The number of amides is 2. The molecule has 0 radical (unpaired) electrons. The minimum Gasteiger partial charge on any atom is -0.431 e. The number of carbonyl (C=O) groups excluding carboxylic acids is 2. The van der Waals surface area contributed by atoms with Gasteiger partial charge in [0, 0.05) is 23.2 Å². The summed E-state index contributed by atoms with van der Waals surface area (Å²) in [5.74, 6) is 0.373. The maximum Gasteiger partial charge on any atom is 0.288 e. The van der Waals surface area contributed by atoms with Gasteiger partial charge >= 0.3 is 0 Å². The molecular weight excluding hydrogens is 406 g/mol. The van der Waals surface area contributed by atoms with Gasteiger partial charge in [0.15, 0.2) is 5.69 Å². The molecule has 3 N–H and O–H groups in total. The molecule has 1 aromatic carbocycles. The lowest BCUT2D eigenvalue weighted by molar-refractivity contribution is 0.0904. The van der Waals surface area contributed by atoms with E-state index in [0.29, 0.717) is 23.2 Å². The molecule has 0 saturated heterocycles. The van der Waals surface area contributed by atoms with Gasteiger partial charge in [0.1, 0.15) is 0 Å². The summed E-state index contributed by atoms with van der Waals surface area (Å²) in [6.45, 7) is 10.1. The van der Waals surface area contributed by atoms with Crippen molar-refractivity contribution in [1.82, 2.24) is 25.8 Å². The molecule has 0 spiro atoms. The summed E-state index contributed by atoms with van der Waals surface area (Å²) in [5.41, 5.74) is 2.58. The molecule has 0 aliphatic heterocycles. The number of carbonyl (C=O) groups is 2. The highest BCUT2D eigenvalue weighted by Gasteiger charge is 2.18. The van der Waals surface area contributed by atoms with E-state index >= 15 is 0 Å². The fourth-order valence-electron chi connectivity index (χ4n) is 3.11. The zero-order valence-electron chi connectivity index (χ0n) is 19.2. The number of hydrogen-bond acceptors (Lipinski definition) is 5. The van der Waals surface area contributed by atoms with Crippen LogP contribution < -0.4 is 10.6 Å². The van der Waals surface area contributed by atoms with E-state index in [1.165, 1.54) is 6.20 Å². The molecular formula is C24H31N5O3. The number of benzene rings is 1. The van der Waals surface area contributed by atoms with Crippen LogP contribution in [0.2, 0.25) is 0 Å². The van der Waals surface area contributed by atoms with Gasteiger partial charge in [0.25, 0.3) is 11.8 Å². The van der Waals surface area contributed by atoms with Crippen LogP contribution in [0.5, 0.6) is 0 Å². The summed E-state index contributed by atoms with van der Waals surface area (Å²) in [5, 5.41) is 13.0. The molecule has 0 aliphatic carbocycles. The van der Waals surface area contributed by atoms with Gasteiger partial charge in [-0.05, 0) is 43.9 Å². The minimum absolute atomic E-state index is 0.0485. The standard InChI is InChI=1S/C24H31N5O3/c1-6-18(7-2)27-23(31)21-13-25-24(32-21)17-10-8-9-16(11-17)19-12-20(29-28-19)22(30)26-15(5)14(3)4/h8-15,18H,6-7H2,1-5H3,(H,26,30)(H,27,31)(H,28,29)/t15-/m1/s1. The van der Waals surface area contributed by atoms with Crippen molar-refractivity contribution in [3.05, 3.63) is 48.0 Å². The van der Waals surface area contributed by atoms with E-state index in [1.807, 2.05) is 45.0 Å². The van der Waals surface area contributed by atoms with Gasteiger partial charge in [0.2, 0.25) is 11.7 Å². The molecule has 0 fully saturated rings. The summed E-state index contributed by atoms with van der Waals surface area (Å²) in [4.78, 5) is 29.1.